The Hall–Kier alpha value is -2.32. The van der Waals surface area contributed by atoms with Gasteiger partial charge in [0, 0.05) is 30.1 Å². The molecule has 0 bridgehead atoms. The van der Waals surface area contributed by atoms with E-state index in [1.54, 1.807) is 24.3 Å². The summed E-state index contributed by atoms with van der Waals surface area (Å²) >= 11 is 0. The molecule has 104 valence electrons. The number of benzene rings is 1. The number of hydrogen-bond donors (Lipinski definition) is 3. The van der Waals surface area contributed by atoms with E-state index < -0.39 is 0 Å². The largest absolute Gasteiger partial charge is 0.384 e. The molecule has 1 fully saturated rings. The predicted molar refractivity (Wildman–Crippen MR) is 73.9 cm³/mol. The molecule has 0 spiro atoms. The first-order valence-corrected chi connectivity index (χ1v) is 6.46. The van der Waals surface area contributed by atoms with Crippen LogP contribution in [0.15, 0.2) is 24.3 Å². The van der Waals surface area contributed by atoms with Gasteiger partial charge >= 0.3 is 0 Å². The fourth-order valence-corrected chi connectivity index (χ4v) is 2.00. The van der Waals surface area contributed by atoms with E-state index in [2.05, 4.69) is 22.5 Å². The van der Waals surface area contributed by atoms with E-state index in [-0.39, 0.29) is 24.5 Å². The average molecular weight is 272 g/mol. The van der Waals surface area contributed by atoms with Crippen LogP contribution >= 0.6 is 0 Å². The minimum Gasteiger partial charge on any atom is -0.384 e. The van der Waals surface area contributed by atoms with Gasteiger partial charge in [0.25, 0.3) is 5.91 Å². The monoisotopic (exact) mass is 272 g/mol. The molecule has 1 atom stereocenters. The highest BCUT2D eigenvalue weighted by molar-refractivity contribution is 5.94. The number of carbonyl (C=O) groups is 2. The number of rotatable bonds is 2. The smallest absolute Gasteiger partial charge is 0.251 e. The maximum Gasteiger partial charge on any atom is 0.251 e. The van der Waals surface area contributed by atoms with Gasteiger partial charge in [-0.2, -0.15) is 0 Å². The summed E-state index contributed by atoms with van der Waals surface area (Å²) in [5.74, 6) is 5.15. The number of nitrogens with one attached hydrogen (secondary N) is 2. The van der Waals surface area contributed by atoms with Crippen LogP contribution in [0.1, 0.15) is 28.8 Å². The predicted octanol–water partition coefficient (Wildman–Crippen LogP) is 0.0388. The summed E-state index contributed by atoms with van der Waals surface area (Å²) in [6.07, 6.45) is 1.09. The molecule has 2 amide bonds. The molecule has 1 heterocycles. The van der Waals surface area contributed by atoms with Crippen LogP contribution in [0, 0.1) is 11.8 Å². The zero-order chi connectivity index (χ0) is 14.4. The lowest BCUT2D eigenvalue weighted by Gasteiger charge is -2.23. The fraction of sp³-hybridized carbons (Fsp3) is 0.333. The van der Waals surface area contributed by atoms with Crippen molar-refractivity contribution in [2.45, 2.75) is 18.9 Å². The van der Waals surface area contributed by atoms with Gasteiger partial charge < -0.3 is 15.7 Å². The second-order valence-corrected chi connectivity index (χ2v) is 4.55. The van der Waals surface area contributed by atoms with E-state index >= 15 is 0 Å². The van der Waals surface area contributed by atoms with Crippen molar-refractivity contribution in [2.24, 2.45) is 0 Å². The highest BCUT2D eigenvalue weighted by Gasteiger charge is 2.20. The molecule has 0 radical (unpaired) electrons. The average Bonchev–Trinajstić information content (AvgIpc) is 2.48. The lowest BCUT2D eigenvalue weighted by Crippen LogP contribution is -2.47. The molecule has 1 aliphatic heterocycles. The topological polar surface area (TPSA) is 78.4 Å². The van der Waals surface area contributed by atoms with Crippen LogP contribution in [0.3, 0.4) is 0 Å². The minimum atomic E-state index is -0.210. The molecule has 1 aliphatic rings. The van der Waals surface area contributed by atoms with E-state index in [1.807, 2.05) is 0 Å². The van der Waals surface area contributed by atoms with Crippen LogP contribution in [0.2, 0.25) is 0 Å². The van der Waals surface area contributed by atoms with E-state index in [9.17, 15) is 9.59 Å². The van der Waals surface area contributed by atoms with Gasteiger partial charge in [-0.25, -0.2) is 0 Å². The van der Waals surface area contributed by atoms with Crippen LogP contribution < -0.4 is 10.6 Å². The van der Waals surface area contributed by atoms with Gasteiger partial charge in [-0.15, -0.1) is 0 Å². The standard InChI is InChI=1S/C15H16N2O3/c18-8-2-4-11-3-1-5-12(9-11)15(20)17-13-6-7-14(19)16-10-13/h1,3,5,9,13,18H,6-8,10H2,(H,16,19)(H,17,20). The highest BCUT2D eigenvalue weighted by atomic mass is 16.2. The molecular formula is C15H16N2O3. The van der Waals surface area contributed by atoms with Crippen molar-refractivity contribution < 1.29 is 14.7 Å². The zero-order valence-electron chi connectivity index (χ0n) is 11.0. The zero-order valence-corrected chi connectivity index (χ0v) is 11.0. The summed E-state index contributed by atoms with van der Waals surface area (Å²) in [7, 11) is 0. The third kappa shape index (κ3) is 3.84. The molecule has 20 heavy (non-hydrogen) atoms. The van der Waals surface area contributed by atoms with E-state index in [0.29, 0.717) is 30.5 Å². The van der Waals surface area contributed by atoms with Crippen molar-refractivity contribution in [3.63, 3.8) is 0 Å². The first kappa shape index (κ1) is 14.1. The van der Waals surface area contributed by atoms with Gasteiger partial charge in [0.2, 0.25) is 5.91 Å². The second-order valence-electron chi connectivity index (χ2n) is 4.55. The summed E-state index contributed by atoms with van der Waals surface area (Å²) in [5.41, 5.74) is 1.20. The van der Waals surface area contributed by atoms with Crippen molar-refractivity contribution in [3.8, 4) is 11.8 Å². The molecule has 5 heteroatoms. The third-order valence-corrected chi connectivity index (χ3v) is 3.04. The number of piperidine rings is 1. The fourth-order valence-electron chi connectivity index (χ4n) is 2.00. The molecule has 2 rings (SSSR count). The lowest BCUT2D eigenvalue weighted by molar-refractivity contribution is -0.122. The molecule has 1 aromatic carbocycles. The summed E-state index contributed by atoms with van der Waals surface area (Å²) in [4.78, 5) is 23.1. The molecule has 1 saturated heterocycles. The second kappa shape index (κ2) is 6.73. The number of carbonyl (C=O) groups excluding carboxylic acids is 2. The molecule has 0 aliphatic carbocycles. The molecular weight excluding hydrogens is 256 g/mol. The van der Waals surface area contributed by atoms with Crippen LogP contribution in [0.25, 0.3) is 0 Å². The Morgan fingerprint density at radius 1 is 1.50 bits per heavy atom. The van der Waals surface area contributed by atoms with Gasteiger partial charge in [0.05, 0.1) is 0 Å². The molecule has 5 nitrogen and oxygen atoms in total. The van der Waals surface area contributed by atoms with Crippen LogP contribution in [0.5, 0.6) is 0 Å². The minimum absolute atomic E-state index is 0.0248. The highest BCUT2D eigenvalue weighted by Crippen LogP contribution is 2.07. The summed E-state index contributed by atoms with van der Waals surface area (Å²) < 4.78 is 0. The summed E-state index contributed by atoms with van der Waals surface area (Å²) in [6.45, 7) is 0.257. The Balaban J connectivity index is 2.00. The first-order valence-electron chi connectivity index (χ1n) is 6.46. The Morgan fingerprint density at radius 3 is 3.05 bits per heavy atom. The van der Waals surface area contributed by atoms with Crippen molar-refractivity contribution in [3.05, 3.63) is 35.4 Å². The molecule has 0 aromatic heterocycles. The number of aliphatic hydroxyl groups is 1. The Morgan fingerprint density at radius 2 is 2.35 bits per heavy atom. The molecule has 0 saturated carbocycles. The lowest BCUT2D eigenvalue weighted by atomic mass is 10.1. The molecule has 1 unspecified atom stereocenters. The van der Waals surface area contributed by atoms with Crippen molar-refractivity contribution in [1.82, 2.24) is 10.6 Å². The number of aliphatic hydroxyl groups excluding tert-OH is 1. The Labute approximate surface area is 117 Å². The van der Waals surface area contributed by atoms with Gasteiger partial charge in [0.1, 0.15) is 6.61 Å². The third-order valence-electron chi connectivity index (χ3n) is 3.04. The summed E-state index contributed by atoms with van der Waals surface area (Å²) in [5, 5.41) is 14.3. The van der Waals surface area contributed by atoms with Crippen LogP contribution in [0.4, 0.5) is 0 Å². The molecule has 1 aromatic rings. The Kier molecular flexibility index (Phi) is 4.75. The number of amides is 2. The van der Waals surface area contributed by atoms with E-state index in [0.717, 1.165) is 0 Å². The van der Waals surface area contributed by atoms with Crippen LogP contribution in [-0.2, 0) is 4.79 Å². The van der Waals surface area contributed by atoms with Gasteiger partial charge in [-0.1, -0.05) is 17.9 Å². The van der Waals surface area contributed by atoms with Crippen molar-refractivity contribution >= 4 is 11.8 Å². The van der Waals surface area contributed by atoms with Gasteiger partial charge in [0.15, 0.2) is 0 Å². The normalized spacial score (nSPS) is 17.6. The number of hydrogen-bond acceptors (Lipinski definition) is 3. The Bertz CT molecular complexity index is 562. The first-order chi connectivity index (χ1) is 9.69. The maximum absolute atomic E-state index is 12.1. The summed E-state index contributed by atoms with van der Waals surface area (Å²) in [6, 6.07) is 6.88. The van der Waals surface area contributed by atoms with Crippen molar-refractivity contribution in [2.75, 3.05) is 13.2 Å². The van der Waals surface area contributed by atoms with Crippen LogP contribution in [-0.4, -0.2) is 36.1 Å². The van der Waals surface area contributed by atoms with E-state index in [1.165, 1.54) is 0 Å². The quantitative estimate of drug-likeness (QED) is 0.665. The van der Waals surface area contributed by atoms with E-state index in [4.69, 9.17) is 5.11 Å². The molecule has 3 N–H and O–H groups in total. The van der Waals surface area contributed by atoms with Gasteiger partial charge in [-0.05, 0) is 24.6 Å². The van der Waals surface area contributed by atoms with Crippen molar-refractivity contribution in [1.29, 1.82) is 0 Å². The van der Waals surface area contributed by atoms with Gasteiger partial charge in [-0.3, -0.25) is 9.59 Å². The SMILES string of the molecule is O=C1CCC(NC(=O)c2cccc(C#CCO)c2)CN1. The maximum atomic E-state index is 12.1.